The van der Waals surface area contributed by atoms with Gasteiger partial charge < -0.3 is 10.1 Å². The first-order valence-electron chi connectivity index (χ1n) is 11.2. The number of nitrogens with zero attached hydrogens (tertiary/aromatic N) is 5. The molecular formula is C25H21N7O3. The third kappa shape index (κ3) is 4.17. The maximum Gasteiger partial charge on any atom is 0.276 e. The molecule has 3 aromatic heterocycles. The topological polar surface area (TPSA) is 115 Å². The van der Waals surface area contributed by atoms with Crippen LogP contribution in [0.2, 0.25) is 0 Å². The van der Waals surface area contributed by atoms with E-state index in [2.05, 4.69) is 25.8 Å². The van der Waals surface area contributed by atoms with Crippen molar-refractivity contribution in [3.63, 3.8) is 0 Å². The molecule has 6 rings (SSSR count). The molecule has 1 saturated carbocycles. The van der Waals surface area contributed by atoms with Crippen LogP contribution in [0.15, 0.2) is 66.9 Å². The minimum absolute atomic E-state index is 0.0464. The number of pyridine rings is 1. The highest BCUT2D eigenvalue weighted by Crippen LogP contribution is 2.30. The molecule has 0 aliphatic heterocycles. The number of carbonyl (C=O) groups excluding carboxylic acids is 2. The second kappa shape index (κ2) is 8.24. The number of fused-ring (bicyclic) bond motifs is 2. The predicted octanol–water partition coefficient (Wildman–Crippen LogP) is 4.01. The number of amides is 2. The molecule has 0 saturated heterocycles. The number of carbonyl (C=O) groups is 2. The fourth-order valence-corrected chi connectivity index (χ4v) is 3.88. The van der Waals surface area contributed by atoms with Crippen molar-refractivity contribution in [1.29, 1.82) is 0 Å². The lowest BCUT2D eigenvalue weighted by Gasteiger charge is -2.08. The van der Waals surface area contributed by atoms with Crippen LogP contribution in [0.25, 0.3) is 16.6 Å². The number of hydrogen-bond acceptors (Lipinski definition) is 6. The minimum Gasteiger partial charge on any atom is -0.456 e. The van der Waals surface area contributed by atoms with Crippen LogP contribution in [-0.4, -0.2) is 36.2 Å². The van der Waals surface area contributed by atoms with Gasteiger partial charge in [0, 0.05) is 30.1 Å². The Morgan fingerprint density at radius 1 is 0.971 bits per heavy atom. The van der Waals surface area contributed by atoms with E-state index in [9.17, 15) is 9.59 Å². The Hall–Kier alpha value is -4.73. The summed E-state index contributed by atoms with van der Waals surface area (Å²) in [4.78, 5) is 29.2. The Labute approximate surface area is 199 Å². The van der Waals surface area contributed by atoms with Crippen molar-refractivity contribution in [2.45, 2.75) is 12.8 Å². The Balaban J connectivity index is 1.18. The van der Waals surface area contributed by atoms with Crippen LogP contribution in [0, 0.1) is 5.92 Å². The standard InChI is InChI=1S/C25H21N7O3/c1-31-20-8-3-2-7-19(20)22(29-31)24(34)26-16-5-4-6-17(13-16)35-18-11-12-21-27-25(30-32(21)14-18)28-23(33)15-9-10-15/h2-8,11-15H,9-10H2,1H3,(H,26,34)(H,28,30,33). The zero-order valence-electron chi connectivity index (χ0n) is 18.8. The van der Waals surface area contributed by atoms with Gasteiger partial charge in [-0.3, -0.25) is 19.6 Å². The summed E-state index contributed by atoms with van der Waals surface area (Å²) < 4.78 is 9.22. The number of nitrogens with one attached hydrogen (secondary N) is 2. The molecule has 10 nitrogen and oxygen atoms in total. The maximum atomic E-state index is 12.9. The largest absolute Gasteiger partial charge is 0.456 e. The summed E-state index contributed by atoms with van der Waals surface area (Å²) in [6, 6.07) is 18.2. The molecule has 1 aliphatic carbocycles. The molecule has 3 heterocycles. The van der Waals surface area contributed by atoms with Gasteiger partial charge in [-0.25, -0.2) is 4.52 Å². The van der Waals surface area contributed by atoms with Crippen molar-refractivity contribution < 1.29 is 14.3 Å². The number of ether oxygens (including phenoxy) is 1. The SMILES string of the molecule is Cn1nc(C(=O)Nc2cccc(Oc3ccc4nc(NC(=O)C5CC5)nn4c3)c2)c2ccccc21. The van der Waals surface area contributed by atoms with Gasteiger partial charge in [0.1, 0.15) is 11.5 Å². The molecule has 2 aromatic carbocycles. The number of para-hydroxylation sites is 1. The number of anilines is 2. The number of hydrogen-bond donors (Lipinski definition) is 2. The second-order valence-corrected chi connectivity index (χ2v) is 8.44. The minimum atomic E-state index is -0.302. The van der Waals surface area contributed by atoms with E-state index >= 15 is 0 Å². The van der Waals surface area contributed by atoms with E-state index in [1.54, 1.807) is 51.8 Å². The summed E-state index contributed by atoms with van der Waals surface area (Å²) in [6.45, 7) is 0. The fourth-order valence-electron chi connectivity index (χ4n) is 3.88. The van der Waals surface area contributed by atoms with Gasteiger partial charge in [0.2, 0.25) is 11.9 Å². The number of rotatable bonds is 6. The highest BCUT2D eigenvalue weighted by atomic mass is 16.5. The lowest BCUT2D eigenvalue weighted by molar-refractivity contribution is -0.117. The Bertz CT molecular complexity index is 1600. The van der Waals surface area contributed by atoms with Crippen LogP contribution >= 0.6 is 0 Å². The van der Waals surface area contributed by atoms with Gasteiger partial charge in [0.25, 0.3) is 5.91 Å². The van der Waals surface area contributed by atoms with Crippen molar-refractivity contribution >= 4 is 40.0 Å². The highest BCUT2D eigenvalue weighted by Gasteiger charge is 2.30. The summed E-state index contributed by atoms with van der Waals surface area (Å²) in [7, 11) is 1.81. The van der Waals surface area contributed by atoms with E-state index in [4.69, 9.17) is 4.74 Å². The monoisotopic (exact) mass is 467 g/mol. The Kier molecular flexibility index (Phi) is 4.91. The maximum absolute atomic E-state index is 12.9. The second-order valence-electron chi connectivity index (χ2n) is 8.44. The van der Waals surface area contributed by atoms with Crippen LogP contribution in [0.3, 0.4) is 0 Å². The van der Waals surface area contributed by atoms with Gasteiger partial charge >= 0.3 is 0 Å². The Morgan fingerprint density at radius 2 is 1.83 bits per heavy atom. The van der Waals surface area contributed by atoms with E-state index in [1.807, 2.05) is 31.3 Å². The number of benzene rings is 2. The van der Waals surface area contributed by atoms with E-state index in [1.165, 1.54) is 0 Å². The van der Waals surface area contributed by atoms with Crippen LogP contribution in [0.1, 0.15) is 23.3 Å². The van der Waals surface area contributed by atoms with Crippen molar-refractivity contribution in [3.05, 3.63) is 72.6 Å². The highest BCUT2D eigenvalue weighted by molar-refractivity contribution is 6.11. The smallest absolute Gasteiger partial charge is 0.276 e. The third-order valence-corrected chi connectivity index (χ3v) is 5.79. The normalized spacial score (nSPS) is 13.2. The average molecular weight is 467 g/mol. The Morgan fingerprint density at radius 3 is 2.69 bits per heavy atom. The molecule has 1 aliphatic rings. The molecule has 10 heteroatoms. The summed E-state index contributed by atoms with van der Waals surface area (Å²) >= 11 is 0. The average Bonchev–Trinajstić information content (AvgIpc) is 3.55. The molecule has 5 aromatic rings. The zero-order valence-corrected chi connectivity index (χ0v) is 18.8. The van der Waals surface area contributed by atoms with Crippen LogP contribution in [0.5, 0.6) is 11.5 Å². The van der Waals surface area contributed by atoms with Gasteiger partial charge in [-0.2, -0.15) is 10.1 Å². The van der Waals surface area contributed by atoms with Gasteiger partial charge in [0.05, 0.1) is 11.7 Å². The molecular weight excluding hydrogens is 446 g/mol. The molecule has 35 heavy (non-hydrogen) atoms. The molecule has 0 bridgehead atoms. The van der Waals surface area contributed by atoms with Crippen molar-refractivity contribution in [2.75, 3.05) is 10.6 Å². The summed E-state index contributed by atoms with van der Waals surface area (Å²) in [5, 5.41) is 15.1. The number of aromatic nitrogens is 5. The first-order valence-corrected chi connectivity index (χ1v) is 11.2. The molecule has 0 atom stereocenters. The van der Waals surface area contributed by atoms with Gasteiger partial charge in [-0.15, -0.1) is 5.10 Å². The van der Waals surface area contributed by atoms with Gasteiger partial charge in [-0.1, -0.05) is 24.3 Å². The molecule has 1 fully saturated rings. The first-order chi connectivity index (χ1) is 17.0. The molecule has 0 unspecified atom stereocenters. The molecule has 0 radical (unpaired) electrons. The van der Waals surface area contributed by atoms with Gasteiger partial charge in [0.15, 0.2) is 11.3 Å². The van der Waals surface area contributed by atoms with Crippen LogP contribution in [0.4, 0.5) is 11.6 Å². The molecule has 2 N–H and O–H groups in total. The lowest BCUT2D eigenvalue weighted by atomic mass is 10.2. The fraction of sp³-hybridized carbons (Fsp3) is 0.160. The third-order valence-electron chi connectivity index (χ3n) is 5.79. The molecule has 174 valence electrons. The van der Waals surface area contributed by atoms with Crippen molar-refractivity contribution in [2.24, 2.45) is 13.0 Å². The van der Waals surface area contributed by atoms with Gasteiger partial charge in [-0.05, 0) is 43.2 Å². The van der Waals surface area contributed by atoms with E-state index < -0.39 is 0 Å². The van der Waals surface area contributed by atoms with Crippen molar-refractivity contribution in [3.8, 4) is 11.5 Å². The number of aryl methyl sites for hydroxylation is 1. The summed E-state index contributed by atoms with van der Waals surface area (Å²) in [5.41, 5.74) is 2.41. The molecule has 2 amide bonds. The van der Waals surface area contributed by atoms with E-state index in [0.717, 1.165) is 23.7 Å². The lowest BCUT2D eigenvalue weighted by Crippen LogP contribution is -2.14. The predicted molar refractivity (Wildman–Crippen MR) is 130 cm³/mol. The van der Waals surface area contributed by atoms with Crippen molar-refractivity contribution in [1.82, 2.24) is 24.4 Å². The molecule has 0 spiro atoms. The summed E-state index contributed by atoms with van der Waals surface area (Å²) in [6.07, 6.45) is 3.50. The van der Waals surface area contributed by atoms with E-state index in [0.29, 0.717) is 28.5 Å². The van der Waals surface area contributed by atoms with Crippen LogP contribution in [-0.2, 0) is 11.8 Å². The quantitative estimate of drug-likeness (QED) is 0.390. The summed E-state index contributed by atoms with van der Waals surface area (Å²) in [5.74, 6) is 1.06. The van der Waals surface area contributed by atoms with E-state index in [-0.39, 0.29) is 23.7 Å². The zero-order chi connectivity index (χ0) is 23.9. The first kappa shape index (κ1) is 20.8. The van der Waals surface area contributed by atoms with Crippen LogP contribution < -0.4 is 15.4 Å².